The number of aryl methyl sites for hydroxylation is 2. The number of aliphatic imine (C=N–C) groups is 1. The van der Waals surface area contributed by atoms with Crippen LogP contribution in [0.15, 0.2) is 4.99 Å². The number of nitrogens with zero attached hydrogens (tertiary/aromatic N) is 4. The lowest BCUT2D eigenvalue weighted by Crippen LogP contribution is -2.53. The van der Waals surface area contributed by atoms with Crippen molar-refractivity contribution in [2.45, 2.75) is 64.2 Å². The third-order valence-corrected chi connectivity index (χ3v) is 7.23. The highest BCUT2D eigenvalue weighted by atomic mass is 32.2. The van der Waals surface area contributed by atoms with Crippen LogP contribution in [0, 0.1) is 13.8 Å². The van der Waals surface area contributed by atoms with Gasteiger partial charge in [0, 0.05) is 48.4 Å². The van der Waals surface area contributed by atoms with E-state index in [9.17, 15) is 0 Å². The Labute approximate surface area is 156 Å². The van der Waals surface area contributed by atoms with Crippen LogP contribution < -0.4 is 5.32 Å². The Hall–Kier alpha value is -1.17. The molecule has 0 aromatic carbocycles. The molecule has 1 N–H and O–H groups in total. The van der Waals surface area contributed by atoms with Gasteiger partial charge in [-0.25, -0.2) is 4.99 Å². The first-order valence-electron chi connectivity index (χ1n) is 9.71. The van der Waals surface area contributed by atoms with Gasteiger partial charge < -0.3 is 10.2 Å². The van der Waals surface area contributed by atoms with Crippen LogP contribution in [-0.2, 0) is 13.6 Å². The molecule has 2 aliphatic rings. The van der Waals surface area contributed by atoms with Gasteiger partial charge in [0.05, 0.1) is 12.2 Å². The molecule has 1 saturated heterocycles. The van der Waals surface area contributed by atoms with Crippen molar-refractivity contribution in [1.82, 2.24) is 20.0 Å². The second-order valence-corrected chi connectivity index (χ2v) is 9.02. The van der Waals surface area contributed by atoms with Crippen molar-refractivity contribution >= 4 is 17.7 Å². The highest BCUT2D eigenvalue weighted by Crippen LogP contribution is 2.42. The average molecular weight is 364 g/mol. The molecule has 2 heterocycles. The summed E-state index contributed by atoms with van der Waals surface area (Å²) in [5.74, 6) is 2.30. The Morgan fingerprint density at radius 1 is 1.28 bits per heavy atom. The van der Waals surface area contributed by atoms with Crippen LogP contribution in [0.2, 0.25) is 0 Å². The summed E-state index contributed by atoms with van der Waals surface area (Å²) >= 11 is 2.21. The Morgan fingerprint density at radius 3 is 2.68 bits per heavy atom. The highest BCUT2D eigenvalue weighted by Gasteiger charge is 2.38. The van der Waals surface area contributed by atoms with E-state index in [0.29, 0.717) is 11.3 Å². The maximum Gasteiger partial charge on any atom is 0.194 e. The van der Waals surface area contributed by atoms with Crippen LogP contribution in [-0.4, -0.2) is 50.8 Å². The summed E-state index contributed by atoms with van der Waals surface area (Å²) in [6, 6.07) is 0. The molecule has 140 valence electrons. The van der Waals surface area contributed by atoms with Crippen LogP contribution in [0.3, 0.4) is 0 Å². The lowest BCUT2D eigenvalue weighted by Gasteiger charge is -2.45. The van der Waals surface area contributed by atoms with Gasteiger partial charge in [-0.3, -0.25) is 4.68 Å². The molecule has 0 amide bonds. The molecule has 0 atom stereocenters. The maximum atomic E-state index is 4.99. The monoisotopic (exact) mass is 363 g/mol. The SMILES string of the molecule is CCNC(=NCc1c(C)nn(C)c1C)N1CCSC2(CCCCC2)C1. The zero-order chi connectivity index (χ0) is 17.9. The van der Waals surface area contributed by atoms with Crippen LogP contribution >= 0.6 is 11.8 Å². The molecule has 1 aromatic rings. The number of nitrogens with one attached hydrogen (secondary N) is 1. The predicted molar refractivity (Wildman–Crippen MR) is 107 cm³/mol. The first kappa shape index (κ1) is 18.6. The fraction of sp³-hybridized carbons (Fsp3) is 0.789. The fourth-order valence-electron chi connectivity index (χ4n) is 4.15. The minimum Gasteiger partial charge on any atom is -0.357 e. The van der Waals surface area contributed by atoms with Crippen molar-refractivity contribution in [3.63, 3.8) is 0 Å². The molecule has 1 spiro atoms. The smallest absolute Gasteiger partial charge is 0.194 e. The Morgan fingerprint density at radius 2 is 2.04 bits per heavy atom. The maximum absolute atomic E-state index is 4.99. The lowest BCUT2D eigenvalue weighted by molar-refractivity contribution is 0.293. The van der Waals surface area contributed by atoms with E-state index in [0.717, 1.165) is 31.3 Å². The Kier molecular flexibility index (Phi) is 5.97. The van der Waals surface area contributed by atoms with Crippen molar-refractivity contribution < 1.29 is 0 Å². The van der Waals surface area contributed by atoms with Gasteiger partial charge in [-0.05, 0) is 33.6 Å². The molecule has 3 rings (SSSR count). The van der Waals surface area contributed by atoms with E-state index in [-0.39, 0.29) is 0 Å². The molecular weight excluding hydrogens is 330 g/mol. The third-order valence-electron chi connectivity index (χ3n) is 5.69. The number of thioether (sulfide) groups is 1. The fourth-order valence-corrected chi connectivity index (χ4v) is 5.72. The molecule has 1 aliphatic carbocycles. The molecule has 1 aromatic heterocycles. The lowest BCUT2D eigenvalue weighted by atomic mass is 9.87. The summed E-state index contributed by atoms with van der Waals surface area (Å²) in [6.07, 6.45) is 6.93. The van der Waals surface area contributed by atoms with Crippen LogP contribution in [0.4, 0.5) is 0 Å². The van der Waals surface area contributed by atoms with Gasteiger partial charge >= 0.3 is 0 Å². The predicted octanol–water partition coefficient (Wildman–Crippen LogP) is 3.25. The topological polar surface area (TPSA) is 45.5 Å². The zero-order valence-electron chi connectivity index (χ0n) is 16.3. The number of hydrogen-bond donors (Lipinski definition) is 1. The Balaban J connectivity index is 1.75. The van der Waals surface area contributed by atoms with E-state index in [1.807, 2.05) is 11.7 Å². The van der Waals surface area contributed by atoms with Gasteiger partial charge in [0.25, 0.3) is 0 Å². The molecule has 6 heteroatoms. The summed E-state index contributed by atoms with van der Waals surface area (Å²) < 4.78 is 2.43. The third kappa shape index (κ3) is 4.15. The van der Waals surface area contributed by atoms with Crippen LogP contribution in [0.25, 0.3) is 0 Å². The molecule has 5 nitrogen and oxygen atoms in total. The van der Waals surface area contributed by atoms with E-state index in [1.54, 1.807) is 0 Å². The van der Waals surface area contributed by atoms with E-state index < -0.39 is 0 Å². The summed E-state index contributed by atoms with van der Waals surface area (Å²) in [6.45, 7) is 10.2. The number of rotatable bonds is 3. The second kappa shape index (κ2) is 8.02. The normalized spacial score (nSPS) is 21.0. The zero-order valence-corrected chi connectivity index (χ0v) is 17.1. The van der Waals surface area contributed by atoms with E-state index in [4.69, 9.17) is 4.99 Å². The van der Waals surface area contributed by atoms with Crippen LogP contribution in [0.1, 0.15) is 56.0 Å². The summed E-state index contributed by atoms with van der Waals surface area (Å²) in [7, 11) is 2.01. The van der Waals surface area contributed by atoms with Crippen molar-refractivity contribution in [3.05, 3.63) is 17.0 Å². The van der Waals surface area contributed by atoms with Gasteiger partial charge in [0.15, 0.2) is 5.96 Å². The summed E-state index contributed by atoms with van der Waals surface area (Å²) in [5.41, 5.74) is 3.57. The standard InChI is InChI=1S/C19H33N5S/c1-5-20-18(21-13-17-15(2)22-23(4)16(17)3)24-11-12-25-19(14-24)9-7-6-8-10-19/h5-14H2,1-4H3,(H,20,21). The van der Waals surface area contributed by atoms with Crippen molar-refractivity contribution in [2.75, 3.05) is 25.4 Å². The molecule has 25 heavy (non-hydrogen) atoms. The quantitative estimate of drug-likeness (QED) is 0.661. The molecular formula is C19H33N5S. The van der Waals surface area contributed by atoms with Crippen molar-refractivity contribution in [1.29, 1.82) is 0 Å². The molecule has 1 saturated carbocycles. The number of aromatic nitrogens is 2. The van der Waals surface area contributed by atoms with E-state index in [1.165, 1.54) is 49.1 Å². The second-order valence-electron chi connectivity index (χ2n) is 7.46. The first-order valence-corrected chi connectivity index (χ1v) is 10.7. The minimum absolute atomic E-state index is 0.465. The molecule has 1 aliphatic heterocycles. The summed E-state index contributed by atoms with van der Waals surface area (Å²) in [5, 5.41) is 8.06. The van der Waals surface area contributed by atoms with Gasteiger partial charge in [0.1, 0.15) is 0 Å². The number of guanidine groups is 1. The van der Waals surface area contributed by atoms with Gasteiger partial charge in [0.2, 0.25) is 0 Å². The van der Waals surface area contributed by atoms with Gasteiger partial charge in [-0.15, -0.1) is 0 Å². The number of hydrogen-bond acceptors (Lipinski definition) is 3. The molecule has 2 fully saturated rings. The highest BCUT2D eigenvalue weighted by molar-refractivity contribution is 8.00. The average Bonchev–Trinajstić information content (AvgIpc) is 2.85. The van der Waals surface area contributed by atoms with E-state index in [2.05, 4.69) is 47.8 Å². The van der Waals surface area contributed by atoms with Gasteiger partial charge in [-0.2, -0.15) is 16.9 Å². The first-order chi connectivity index (χ1) is 12.0. The molecule has 0 bridgehead atoms. The molecule has 0 unspecified atom stereocenters. The van der Waals surface area contributed by atoms with E-state index >= 15 is 0 Å². The molecule has 0 radical (unpaired) electrons. The van der Waals surface area contributed by atoms with Gasteiger partial charge in [-0.1, -0.05) is 19.3 Å². The van der Waals surface area contributed by atoms with Crippen LogP contribution in [0.5, 0.6) is 0 Å². The van der Waals surface area contributed by atoms with Crippen molar-refractivity contribution in [3.8, 4) is 0 Å². The minimum atomic E-state index is 0.465. The largest absolute Gasteiger partial charge is 0.357 e. The Bertz CT molecular complexity index is 610. The summed E-state index contributed by atoms with van der Waals surface area (Å²) in [4.78, 5) is 7.50. The van der Waals surface area contributed by atoms with Crippen molar-refractivity contribution in [2.24, 2.45) is 12.0 Å².